The van der Waals surface area contributed by atoms with Crippen molar-refractivity contribution in [1.29, 1.82) is 0 Å². The zero-order valence-electron chi connectivity index (χ0n) is 21.3. The van der Waals surface area contributed by atoms with Crippen molar-refractivity contribution < 1.29 is 22.7 Å². The normalized spacial score (nSPS) is 12.7. The van der Waals surface area contributed by atoms with Crippen LogP contribution < -0.4 is 14.8 Å². The first-order valence-corrected chi connectivity index (χ1v) is 13.7. The number of hydrogen-bond donors (Lipinski definition) is 2. The van der Waals surface area contributed by atoms with E-state index in [9.17, 15) is 18.0 Å². The lowest BCUT2D eigenvalue weighted by molar-refractivity contribution is -0.274. The second-order valence-corrected chi connectivity index (χ2v) is 10.7. The lowest BCUT2D eigenvalue weighted by Gasteiger charge is -2.18. The highest BCUT2D eigenvalue weighted by Crippen LogP contribution is 2.35. The van der Waals surface area contributed by atoms with Gasteiger partial charge in [-0.2, -0.15) is 5.10 Å². The van der Waals surface area contributed by atoms with Gasteiger partial charge in [0.2, 0.25) is 0 Å². The minimum atomic E-state index is -4.73. The van der Waals surface area contributed by atoms with Crippen LogP contribution in [-0.2, 0) is 12.8 Å². The number of hydrogen-bond acceptors (Lipinski definition) is 5. The van der Waals surface area contributed by atoms with Gasteiger partial charge < -0.3 is 10.1 Å². The number of aromatic nitrogens is 2. The second-order valence-electron chi connectivity index (χ2n) is 9.17. The summed E-state index contributed by atoms with van der Waals surface area (Å²) in [6.07, 6.45) is 0.210. The van der Waals surface area contributed by atoms with Crippen molar-refractivity contribution in [2.45, 2.75) is 33.1 Å². The monoisotopic (exact) mass is 629 g/mol. The van der Waals surface area contributed by atoms with Crippen molar-refractivity contribution in [3.63, 3.8) is 0 Å². The Bertz CT molecular complexity index is 1580. The van der Waals surface area contributed by atoms with E-state index in [0.29, 0.717) is 5.69 Å². The zero-order chi connectivity index (χ0) is 28.4. The van der Waals surface area contributed by atoms with E-state index in [4.69, 9.17) is 0 Å². The molecule has 7 nitrogen and oxygen atoms in total. The van der Waals surface area contributed by atoms with Crippen LogP contribution in [0.4, 0.5) is 23.7 Å². The second kappa shape index (κ2) is 11.4. The fourth-order valence-electron chi connectivity index (χ4n) is 4.67. The maximum atomic E-state index is 12.5. The number of anilines is 1. The molecule has 1 heterocycles. The Hall–Kier alpha value is -3.77. The van der Waals surface area contributed by atoms with E-state index in [1.54, 1.807) is 29.2 Å². The standard InChI is InChI=1S/C28H23BrF3N5O2S/c1-16-11-20(29)12-17(2)26(16)35-27(38)36-40-34-14-18-3-9-23-19(13-18)4-10-25-24(23)15-33-37(25)21-5-7-22(8-6-21)39-28(30,31)32/h3,5-9,11-15H,4,10H2,1-2H3,(H2,35,36,38)/b34-14+. The summed E-state index contributed by atoms with van der Waals surface area (Å²) in [5, 5.41) is 7.35. The van der Waals surface area contributed by atoms with Crippen molar-refractivity contribution in [2.24, 2.45) is 4.40 Å². The first-order chi connectivity index (χ1) is 19.1. The van der Waals surface area contributed by atoms with Gasteiger partial charge >= 0.3 is 12.4 Å². The smallest absolute Gasteiger partial charge is 0.406 e. The molecule has 2 N–H and O–H groups in total. The number of aryl methyl sites for hydroxylation is 3. The number of fused-ring (bicyclic) bond motifs is 3. The van der Waals surface area contributed by atoms with Crippen LogP contribution in [0.2, 0.25) is 0 Å². The SMILES string of the molecule is Cc1cc(Br)cc(C)c1NC(=O)NS/N=C/c1ccc2c(c1)CCc1c-2cnn1-c1ccc(OC(F)(F)F)cc1. The molecule has 40 heavy (non-hydrogen) atoms. The van der Waals surface area contributed by atoms with Gasteiger partial charge in [-0.3, -0.25) is 4.72 Å². The minimum absolute atomic E-state index is 0.277. The number of halogens is 4. The predicted molar refractivity (Wildman–Crippen MR) is 154 cm³/mol. The van der Waals surface area contributed by atoms with Crippen LogP contribution in [0.3, 0.4) is 0 Å². The van der Waals surface area contributed by atoms with Crippen LogP contribution >= 0.6 is 28.1 Å². The first-order valence-electron chi connectivity index (χ1n) is 12.2. The fraction of sp³-hybridized carbons (Fsp3) is 0.179. The molecule has 0 unspecified atom stereocenters. The number of carbonyl (C=O) groups is 1. The molecule has 0 aliphatic heterocycles. The van der Waals surface area contributed by atoms with Gasteiger partial charge in [0.25, 0.3) is 0 Å². The average molecular weight is 630 g/mol. The van der Waals surface area contributed by atoms with E-state index < -0.39 is 6.36 Å². The molecule has 1 aliphatic carbocycles. The Balaban J connectivity index is 1.22. The molecule has 2 amide bonds. The largest absolute Gasteiger partial charge is 0.573 e. The third kappa shape index (κ3) is 6.34. The molecule has 4 aromatic rings. The Morgan fingerprint density at radius 1 is 1.07 bits per heavy atom. The van der Waals surface area contributed by atoms with Crippen molar-refractivity contribution in [1.82, 2.24) is 14.5 Å². The van der Waals surface area contributed by atoms with Crippen molar-refractivity contribution in [3.8, 4) is 22.6 Å². The van der Waals surface area contributed by atoms with E-state index in [-0.39, 0.29) is 11.8 Å². The van der Waals surface area contributed by atoms with Crippen molar-refractivity contribution in [3.05, 3.63) is 93.2 Å². The molecule has 0 atom stereocenters. The van der Waals surface area contributed by atoms with Gasteiger partial charge in [-0.05, 0) is 97.0 Å². The minimum Gasteiger partial charge on any atom is -0.406 e. The Morgan fingerprint density at radius 3 is 2.50 bits per heavy atom. The van der Waals surface area contributed by atoms with Crippen LogP contribution in [0, 0.1) is 13.8 Å². The zero-order valence-corrected chi connectivity index (χ0v) is 23.7. The number of nitrogens with one attached hydrogen (secondary N) is 2. The van der Waals surface area contributed by atoms with Crippen molar-refractivity contribution >= 4 is 46.0 Å². The molecule has 1 aromatic heterocycles. The summed E-state index contributed by atoms with van der Waals surface area (Å²) >= 11 is 4.38. The molecule has 0 fully saturated rings. The van der Waals surface area contributed by atoms with Crippen LogP contribution in [0.5, 0.6) is 5.75 Å². The van der Waals surface area contributed by atoms with Crippen LogP contribution in [0.1, 0.15) is 27.9 Å². The molecule has 1 aliphatic rings. The van der Waals surface area contributed by atoms with Gasteiger partial charge in [-0.15, -0.1) is 13.2 Å². The van der Waals surface area contributed by atoms with Gasteiger partial charge in [-0.1, -0.05) is 28.1 Å². The van der Waals surface area contributed by atoms with Crippen molar-refractivity contribution in [2.75, 3.05) is 5.32 Å². The molecule has 5 rings (SSSR count). The van der Waals surface area contributed by atoms with Gasteiger partial charge in [0.1, 0.15) is 5.75 Å². The topological polar surface area (TPSA) is 80.5 Å². The van der Waals surface area contributed by atoms with E-state index >= 15 is 0 Å². The first kappa shape index (κ1) is 27.8. The molecule has 0 radical (unpaired) electrons. The van der Waals surface area contributed by atoms with Gasteiger partial charge in [-0.25, -0.2) is 13.9 Å². The highest BCUT2D eigenvalue weighted by molar-refractivity contribution is 9.10. The number of ether oxygens (including phenoxy) is 1. The number of amides is 2. The van der Waals surface area contributed by atoms with Crippen LogP contribution in [0.15, 0.2) is 69.7 Å². The summed E-state index contributed by atoms with van der Waals surface area (Å²) in [6, 6.07) is 15.2. The predicted octanol–water partition coefficient (Wildman–Crippen LogP) is 7.72. The van der Waals surface area contributed by atoms with Crippen LogP contribution in [-0.4, -0.2) is 28.4 Å². The summed E-state index contributed by atoms with van der Waals surface area (Å²) in [7, 11) is 0. The van der Waals surface area contributed by atoms with E-state index in [0.717, 1.165) is 74.2 Å². The highest BCUT2D eigenvalue weighted by Gasteiger charge is 2.31. The molecule has 3 aromatic carbocycles. The summed E-state index contributed by atoms with van der Waals surface area (Å²) in [5.41, 5.74) is 8.36. The van der Waals surface area contributed by atoms with E-state index in [1.165, 1.54) is 12.1 Å². The molecular weight excluding hydrogens is 607 g/mol. The van der Waals surface area contributed by atoms with Gasteiger partial charge in [0.05, 0.1) is 29.7 Å². The number of rotatable bonds is 6. The maximum absolute atomic E-state index is 12.5. The molecule has 0 saturated heterocycles. The molecule has 12 heteroatoms. The van der Waals surface area contributed by atoms with Gasteiger partial charge in [0.15, 0.2) is 0 Å². The fourth-order valence-corrected chi connectivity index (χ4v) is 5.72. The number of nitrogens with zero attached hydrogens (tertiary/aromatic N) is 3. The third-order valence-electron chi connectivity index (χ3n) is 6.36. The maximum Gasteiger partial charge on any atom is 0.573 e. The van der Waals surface area contributed by atoms with Gasteiger partial charge in [0, 0.05) is 21.9 Å². The molecule has 0 saturated carbocycles. The van der Waals surface area contributed by atoms with E-state index in [2.05, 4.69) is 46.3 Å². The number of carbonyl (C=O) groups excluding carboxylic acids is 1. The summed E-state index contributed by atoms with van der Waals surface area (Å²) in [4.78, 5) is 12.3. The average Bonchev–Trinajstić information content (AvgIpc) is 3.33. The lowest BCUT2D eigenvalue weighted by Crippen LogP contribution is -2.23. The third-order valence-corrected chi connectivity index (χ3v) is 7.31. The summed E-state index contributed by atoms with van der Waals surface area (Å²) in [5.74, 6) is -0.277. The quantitative estimate of drug-likeness (QED) is 0.169. The lowest BCUT2D eigenvalue weighted by atomic mass is 9.89. The Morgan fingerprint density at radius 2 is 1.80 bits per heavy atom. The van der Waals surface area contributed by atoms with E-state index in [1.807, 2.05) is 38.1 Å². The number of benzene rings is 3. The Labute approximate surface area is 241 Å². The Kier molecular flexibility index (Phi) is 7.90. The molecule has 206 valence electrons. The molecule has 0 bridgehead atoms. The highest BCUT2D eigenvalue weighted by atomic mass is 79.9. The number of alkyl halides is 3. The van der Waals surface area contributed by atoms with Crippen LogP contribution in [0.25, 0.3) is 16.8 Å². The molecule has 0 spiro atoms. The summed E-state index contributed by atoms with van der Waals surface area (Å²) in [6.45, 7) is 3.86. The summed E-state index contributed by atoms with van der Waals surface area (Å²) < 4.78 is 51.0. The number of urea groups is 1. The molecular formula is C28H23BrF3N5O2S.